The molecule has 50 heavy (non-hydrogen) atoms. The van der Waals surface area contributed by atoms with Crippen molar-refractivity contribution in [3.8, 4) is 23.7 Å². The Morgan fingerprint density at radius 1 is 0.340 bits per heavy atom. The Labute approximate surface area is 313 Å². The van der Waals surface area contributed by atoms with E-state index in [0.29, 0.717) is 12.8 Å². The Balaban J connectivity index is 3.34. The van der Waals surface area contributed by atoms with Gasteiger partial charge in [0.15, 0.2) is 0 Å². The van der Waals surface area contributed by atoms with Gasteiger partial charge in [-0.15, -0.1) is 0 Å². The average molecular weight is 697 g/mol. The molecule has 0 atom stereocenters. The summed E-state index contributed by atoms with van der Waals surface area (Å²) in [4.78, 5) is 24.1. The molecule has 0 aromatic rings. The second kappa shape index (κ2) is 43.2. The van der Waals surface area contributed by atoms with Crippen LogP contribution in [-0.4, -0.2) is 24.9 Å². The van der Waals surface area contributed by atoms with Crippen molar-refractivity contribution in [1.82, 2.24) is 10.6 Å². The largest absolute Gasteiger partial charge is 0.356 e. The SMILES string of the molecule is CCCCCCCCCCCCNC(=O)CCCCCCCCC#CC#CCCCCCCCCC(=O)NCCCCCCCCCCCC. The first kappa shape index (κ1) is 48.1. The molecule has 0 aliphatic carbocycles. The third-order valence-corrected chi connectivity index (χ3v) is 9.86. The molecule has 0 aliphatic rings. The van der Waals surface area contributed by atoms with Crippen molar-refractivity contribution in [3.05, 3.63) is 0 Å². The van der Waals surface area contributed by atoms with Crippen LogP contribution in [0.3, 0.4) is 0 Å². The molecule has 2 amide bonds. The van der Waals surface area contributed by atoms with Gasteiger partial charge in [-0.3, -0.25) is 9.59 Å². The fourth-order valence-electron chi connectivity index (χ4n) is 6.48. The molecule has 4 nitrogen and oxygen atoms in total. The Morgan fingerprint density at radius 2 is 0.600 bits per heavy atom. The molecule has 0 unspecified atom stereocenters. The van der Waals surface area contributed by atoms with Gasteiger partial charge in [0, 0.05) is 38.8 Å². The maximum absolute atomic E-state index is 12.0. The minimum atomic E-state index is 0.236. The molecule has 0 heterocycles. The molecule has 0 saturated heterocycles. The summed E-state index contributed by atoms with van der Waals surface area (Å²) < 4.78 is 0. The molecular weight excluding hydrogens is 613 g/mol. The molecule has 0 radical (unpaired) electrons. The molecule has 0 aliphatic heterocycles. The van der Waals surface area contributed by atoms with Gasteiger partial charge in [-0.25, -0.2) is 0 Å². The number of amides is 2. The van der Waals surface area contributed by atoms with Crippen molar-refractivity contribution in [2.24, 2.45) is 0 Å². The first-order chi connectivity index (χ1) is 24.7. The third kappa shape index (κ3) is 42.2. The van der Waals surface area contributed by atoms with Gasteiger partial charge in [-0.1, -0.05) is 193 Å². The van der Waals surface area contributed by atoms with Gasteiger partial charge in [-0.05, 0) is 50.4 Å². The zero-order valence-electron chi connectivity index (χ0n) is 33.7. The van der Waals surface area contributed by atoms with E-state index in [9.17, 15) is 9.59 Å². The number of carbonyl (C=O) groups excluding carboxylic acids is 2. The van der Waals surface area contributed by atoms with Crippen LogP contribution in [-0.2, 0) is 9.59 Å². The fourth-order valence-corrected chi connectivity index (χ4v) is 6.48. The van der Waals surface area contributed by atoms with Crippen LogP contribution in [0.1, 0.15) is 245 Å². The molecular formula is C46H84N2O2. The van der Waals surface area contributed by atoms with Crippen LogP contribution in [0, 0.1) is 23.7 Å². The minimum Gasteiger partial charge on any atom is -0.356 e. The fraction of sp³-hybridized carbons (Fsp3) is 0.870. The van der Waals surface area contributed by atoms with E-state index in [1.165, 1.54) is 154 Å². The van der Waals surface area contributed by atoms with Crippen molar-refractivity contribution >= 4 is 11.8 Å². The van der Waals surface area contributed by atoms with E-state index in [4.69, 9.17) is 0 Å². The zero-order chi connectivity index (χ0) is 36.3. The highest BCUT2D eigenvalue weighted by Gasteiger charge is 2.02. The third-order valence-electron chi connectivity index (χ3n) is 9.86. The van der Waals surface area contributed by atoms with Crippen molar-refractivity contribution in [1.29, 1.82) is 0 Å². The van der Waals surface area contributed by atoms with Gasteiger partial charge >= 0.3 is 0 Å². The molecule has 0 saturated carbocycles. The smallest absolute Gasteiger partial charge is 0.219 e. The summed E-state index contributed by atoms with van der Waals surface area (Å²) in [7, 11) is 0. The normalized spacial score (nSPS) is 10.7. The maximum Gasteiger partial charge on any atom is 0.219 e. The lowest BCUT2D eigenvalue weighted by molar-refractivity contribution is -0.122. The molecule has 2 N–H and O–H groups in total. The van der Waals surface area contributed by atoms with Crippen molar-refractivity contribution in [3.63, 3.8) is 0 Å². The number of hydrogen-bond acceptors (Lipinski definition) is 2. The van der Waals surface area contributed by atoms with Crippen LogP contribution in [0.2, 0.25) is 0 Å². The molecule has 0 aromatic heterocycles. The van der Waals surface area contributed by atoms with E-state index >= 15 is 0 Å². The summed E-state index contributed by atoms with van der Waals surface area (Å²) in [5.41, 5.74) is 0. The van der Waals surface area contributed by atoms with Gasteiger partial charge < -0.3 is 10.6 Å². The van der Waals surface area contributed by atoms with Crippen LogP contribution in [0.5, 0.6) is 0 Å². The van der Waals surface area contributed by atoms with Gasteiger partial charge in [-0.2, -0.15) is 0 Å². The second-order valence-corrected chi connectivity index (χ2v) is 14.9. The van der Waals surface area contributed by atoms with Crippen LogP contribution in [0.4, 0.5) is 0 Å². The Morgan fingerprint density at radius 3 is 0.920 bits per heavy atom. The lowest BCUT2D eigenvalue weighted by Crippen LogP contribution is -2.23. The summed E-state index contributed by atoms with van der Waals surface area (Å²) >= 11 is 0. The lowest BCUT2D eigenvalue weighted by Gasteiger charge is -2.06. The quantitative estimate of drug-likeness (QED) is 0.0499. The van der Waals surface area contributed by atoms with Gasteiger partial charge in [0.25, 0.3) is 0 Å². The lowest BCUT2D eigenvalue weighted by atomic mass is 10.1. The number of hydrogen-bond donors (Lipinski definition) is 2. The maximum atomic E-state index is 12.0. The molecule has 0 fully saturated rings. The topological polar surface area (TPSA) is 58.2 Å². The number of rotatable bonds is 38. The standard InChI is InChI=1S/C46H84N2O2/c1-3-5-7-9-11-13-27-31-35-39-43-47-45(49)41-37-33-29-25-23-21-19-17-15-16-18-20-22-24-26-30-34-38-42-46(50)48-44-40-36-32-28-14-12-10-8-6-4-2/h3-14,19-44H2,1-2H3,(H,47,49)(H,48,50). The van der Waals surface area contributed by atoms with E-state index in [1.807, 2.05) is 0 Å². The highest BCUT2D eigenvalue weighted by atomic mass is 16.2. The van der Waals surface area contributed by atoms with Gasteiger partial charge in [0.1, 0.15) is 0 Å². The Hall–Kier alpha value is -1.94. The van der Waals surface area contributed by atoms with E-state index in [1.54, 1.807) is 0 Å². The Bertz CT molecular complexity index is 776. The van der Waals surface area contributed by atoms with E-state index in [0.717, 1.165) is 77.3 Å². The predicted molar refractivity (Wildman–Crippen MR) is 219 cm³/mol. The van der Waals surface area contributed by atoms with Crippen LogP contribution in [0.25, 0.3) is 0 Å². The van der Waals surface area contributed by atoms with Crippen molar-refractivity contribution in [2.45, 2.75) is 245 Å². The van der Waals surface area contributed by atoms with E-state index in [-0.39, 0.29) is 11.8 Å². The highest BCUT2D eigenvalue weighted by Crippen LogP contribution is 2.13. The molecule has 0 spiro atoms. The zero-order valence-corrected chi connectivity index (χ0v) is 33.7. The number of unbranched alkanes of at least 4 members (excludes halogenated alkanes) is 30. The van der Waals surface area contributed by atoms with Gasteiger partial charge in [0.05, 0.1) is 0 Å². The highest BCUT2D eigenvalue weighted by molar-refractivity contribution is 5.76. The summed E-state index contributed by atoms with van der Waals surface area (Å²) in [6, 6.07) is 0. The molecule has 290 valence electrons. The number of carbonyl (C=O) groups is 2. The second-order valence-electron chi connectivity index (χ2n) is 14.9. The van der Waals surface area contributed by atoms with E-state index in [2.05, 4.69) is 48.2 Å². The first-order valence-corrected chi connectivity index (χ1v) is 22.2. The van der Waals surface area contributed by atoms with Crippen LogP contribution in [0.15, 0.2) is 0 Å². The first-order valence-electron chi connectivity index (χ1n) is 22.2. The predicted octanol–water partition coefficient (Wildman–Crippen LogP) is 13.3. The number of nitrogens with one attached hydrogen (secondary N) is 2. The molecule has 0 rings (SSSR count). The van der Waals surface area contributed by atoms with Crippen LogP contribution >= 0.6 is 0 Å². The summed E-state index contributed by atoms with van der Waals surface area (Å²) in [6.45, 7) is 6.24. The molecule has 0 aromatic carbocycles. The summed E-state index contributed by atoms with van der Waals surface area (Å²) in [5, 5.41) is 6.21. The molecule has 0 bridgehead atoms. The monoisotopic (exact) mass is 697 g/mol. The van der Waals surface area contributed by atoms with E-state index < -0.39 is 0 Å². The molecule has 4 heteroatoms. The summed E-state index contributed by atoms with van der Waals surface area (Å²) in [5.74, 6) is 12.9. The Kier molecular flexibility index (Phi) is 41.5. The van der Waals surface area contributed by atoms with Crippen molar-refractivity contribution < 1.29 is 9.59 Å². The minimum absolute atomic E-state index is 0.236. The summed E-state index contributed by atoms with van der Waals surface area (Å²) in [6.07, 6.45) is 43.9. The van der Waals surface area contributed by atoms with Gasteiger partial charge in [0.2, 0.25) is 11.8 Å². The average Bonchev–Trinajstić information content (AvgIpc) is 3.12. The van der Waals surface area contributed by atoms with Crippen molar-refractivity contribution in [2.75, 3.05) is 13.1 Å². The van der Waals surface area contributed by atoms with Crippen LogP contribution < -0.4 is 10.6 Å².